The van der Waals surface area contributed by atoms with E-state index in [1.54, 1.807) is 12.4 Å². The van der Waals surface area contributed by atoms with Crippen LogP contribution in [0.1, 0.15) is 37.1 Å². The predicted molar refractivity (Wildman–Crippen MR) is 102 cm³/mol. The number of fused-ring (bicyclic) bond motifs is 1. The molecule has 1 fully saturated rings. The topological polar surface area (TPSA) is 88.0 Å². The monoisotopic (exact) mass is 369 g/mol. The highest BCUT2D eigenvalue weighted by Crippen LogP contribution is 2.16. The lowest BCUT2D eigenvalue weighted by molar-refractivity contribution is -0.121. The zero-order valence-corrected chi connectivity index (χ0v) is 15.6. The van der Waals surface area contributed by atoms with E-state index in [0.29, 0.717) is 12.8 Å². The summed E-state index contributed by atoms with van der Waals surface area (Å²) in [6, 6.07) is 4.09. The van der Waals surface area contributed by atoms with Crippen LogP contribution in [-0.4, -0.2) is 51.3 Å². The molecule has 2 aliphatic rings. The maximum absolute atomic E-state index is 12.4. The fourth-order valence-corrected chi connectivity index (χ4v) is 3.82. The Labute approximate surface area is 159 Å². The van der Waals surface area contributed by atoms with E-state index in [0.717, 1.165) is 63.6 Å². The molecule has 2 aromatic rings. The van der Waals surface area contributed by atoms with Crippen LogP contribution in [0, 0.1) is 0 Å². The Morgan fingerprint density at radius 2 is 2.15 bits per heavy atom. The van der Waals surface area contributed by atoms with Crippen LogP contribution in [-0.2, 0) is 24.3 Å². The van der Waals surface area contributed by atoms with Crippen molar-refractivity contribution < 1.29 is 4.79 Å². The van der Waals surface area contributed by atoms with Gasteiger partial charge in [-0.3, -0.25) is 9.48 Å². The maximum Gasteiger partial charge on any atom is 0.225 e. The standard InChI is InChI=1S/C19H27N7O/c27-18(6-5-15-12-17-13-20-7-3-11-26(17)24-15)23-16-4-1-10-25(14-16)19-21-8-2-9-22-19/h2,8-9,12,16,20H,1,3-7,10-11,13-14H2,(H,23,27). The summed E-state index contributed by atoms with van der Waals surface area (Å²) < 4.78 is 2.08. The van der Waals surface area contributed by atoms with E-state index in [4.69, 9.17) is 0 Å². The molecule has 8 heteroatoms. The third-order valence-corrected chi connectivity index (χ3v) is 5.17. The molecule has 1 saturated heterocycles. The smallest absolute Gasteiger partial charge is 0.225 e. The lowest BCUT2D eigenvalue weighted by Gasteiger charge is -2.33. The molecule has 0 bridgehead atoms. The number of aromatic nitrogens is 4. The summed E-state index contributed by atoms with van der Waals surface area (Å²) >= 11 is 0. The number of nitrogens with one attached hydrogen (secondary N) is 2. The second-order valence-electron chi connectivity index (χ2n) is 7.28. The van der Waals surface area contributed by atoms with Gasteiger partial charge in [0.15, 0.2) is 0 Å². The molecule has 2 aromatic heterocycles. The molecule has 0 aliphatic carbocycles. The van der Waals surface area contributed by atoms with E-state index in [9.17, 15) is 4.79 Å². The molecular weight excluding hydrogens is 342 g/mol. The summed E-state index contributed by atoms with van der Waals surface area (Å²) in [6.07, 6.45) is 7.80. The number of carbonyl (C=O) groups excluding carboxylic acids is 1. The van der Waals surface area contributed by atoms with Crippen molar-refractivity contribution in [3.63, 3.8) is 0 Å². The van der Waals surface area contributed by atoms with Gasteiger partial charge in [-0.05, 0) is 37.9 Å². The average Bonchev–Trinajstić information content (AvgIpc) is 2.96. The molecular formula is C19H27N7O. The van der Waals surface area contributed by atoms with Gasteiger partial charge in [0.05, 0.1) is 11.4 Å². The van der Waals surface area contributed by atoms with Gasteiger partial charge in [0.1, 0.15) is 0 Å². The number of carbonyl (C=O) groups is 1. The van der Waals surface area contributed by atoms with E-state index in [2.05, 4.69) is 41.3 Å². The van der Waals surface area contributed by atoms with Crippen molar-refractivity contribution in [2.45, 2.75) is 51.2 Å². The Morgan fingerprint density at radius 3 is 3.04 bits per heavy atom. The highest BCUT2D eigenvalue weighted by atomic mass is 16.1. The maximum atomic E-state index is 12.4. The molecule has 4 heterocycles. The van der Waals surface area contributed by atoms with Gasteiger partial charge in [-0.15, -0.1) is 0 Å². The first-order valence-corrected chi connectivity index (χ1v) is 9.85. The number of amides is 1. The van der Waals surface area contributed by atoms with Gasteiger partial charge in [0, 0.05) is 57.5 Å². The molecule has 144 valence electrons. The molecule has 8 nitrogen and oxygen atoms in total. The number of nitrogens with zero attached hydrogens (tertiary/aromatic N) is 5. The van der Waals surface area contributed by atoms with Crippen molar-refractivity contribution in [1.29, 1.82) is 0 Å². The minimum Gasteiger partial charge on any atom is -0.352 e. The number of anilines is 1. The van der Waals surface area contributed by atoms with E-state index in [-0.39, 0.29) is 11.9 Å². The molecule has 1 atom stereocenters. The lowest BCUT2D eigenvalue weighted by Crippen LogP contribution is -2.48. The fraction of sp³-hybridized carbons (Fsp3) is 0.579. The normalized spacial score (nSPS) is 20.0. The van der Waals surface area contributed by atoms with Gasteiger partial charge in [0.2, 0.25) is 11.9 Å². The number of hydrogen-bond acceptors (Lipinski definition) is 6. The minimum absolute atomic E-state index is 0.0946. The zero-order chi connectivity index (χ0) is 18.5. The van der Waals surface area contributed by atoms with Crippen molar-refractivity contribution in [2.24, 2.45) is 0 Å². The second kappa shape index (κ2) is 8.47. The number of rotatable bonds is 5. The Morgan fingerprint density at radius 1 is 1.26 bits per heavy atom. The highest BCUT2D eigenvalue weighted by Gasteiger charge is 2.23. The molecule has 2 N–H and O–H groups in total. The Kier molecular flexibility index (Phi) is 5.62. The molecule has 0 saturated carbocycles. The molecule has 27 heavy (non-hydrogen) atoms. The summed E-state index contributed by atoms with van der Waals surface area (Å²) in [5.74, 6) is 0.835. The summed E-state index contributed by atoms with van der Waals surface area (Å²) in [7, 11) is 0. The molecule has 4 rings (SSSR count). The van der Waals surface area contributed by atoms with Crippen molar-refractivity contribution in [3.05, 3.63) is 35.9 Å². The lowest BCUT2D eigenvalue weighted by atomic mass is 10.1. The van der Waals surface area contributed by atoms with E-state index in [1.807, 2.05) is 6.07 Å². The van der Waals surface area contributed by atoms with Crippen LogP contribution in [0.25, 0.3) is 0 Å². The van der Waals surface area contributed by atoms with Gasteiger partial charge in [-0.2, -0.15) is 5.10 Å². The van der Waals surface area contributed by atoms with Gasteiger partial charge >= 0.3 is 0 Å². The van der Waals surface area contributed by atoms with Gasteiger partial charge in [-0.25, -0.2) is 9.97 Å². The fourth-order valence-electron chi connectivity index (χ4n) is 3.82. The Balaban J connectivity index is 1.27. The average molecular weight is 369 g/mol. The second-order valence-corrected chi connectivity index (χ2v) is 7.28. The van der Waals surface area contributed by atoms with Crippen LogP contribution in [0.5, 0.6) is 0 Å². The van der Waals surface area contributed by atoms with Crippen LogP contribution < -0.4 is 15.5 Å². The number of piperidine rings is 1. The molecule has 1 unspecified atom stereocenters. The minimum atomic E-state index is 0.0946. The van der Waals surface area contributed by atoms with Crippen LogP contribution in [0.3, 0.4) is 0 Å². The summed E-state index contributed by atoms with van der Waals surface area (Å²) in [6.45, 7) is 4.55. The molecule has 0 radical (unpaired) electrons. The van der Waals surface area contributed by atoms with Crippen molar-refractivity contribution in [3.8, 4) is 0 Å². The summed E-state index contributed by atoms with van der Waals surface area (Å²) in [4.78, 5) is 23.2. The van der Waals surface area contributed by atoms with Crippen molar-refractivity contribution >= 4 is 11.9 Å². The Hall–Kier alpha value is -2.48. The van der Waals surface area contributed by atoms with Crippen molar-refractivity contribution in [2.75, 3.05) is 24.5 Å². The molecule has 1 amide bonds. The third kappa shape index (κ3) is 4.63. The molecule has 0 aromatic carbocycles. The first-order chi connectivity index (χ1) is 13.3. The summed E-state index contributed by atoms with van der Waals surface area (Å²) in [5, 5.41) is 11.2. The van der Waals surface area contributed by atoms with E-state index in [1.165, 1.54) is 5.69 Å². The quantitative estimate of drug-likeness (QED) is 0.814. The number of hydrogen-bond donors (Lipinski definition) is 2. The SMILES string of the molecule is O=C(CCc1cc2n(n1)CCCNC2)NC1CCCN(c2ncccn2)C1. The van der Waals surface area contributed by atoms with Crippen LogP contribution in [0.15, 0.2) is 24.5 Å². The van der Waals surface area contributed by atoms with E-state index < -0.39 is 0 Å². The van der Waals surface area contributed by atoms with Gasteiger partial charge in [0.25, 0.3) is 0 Å². The first-order valence-electron chi connectivity index (χ1n) is 9.85. The van der Waals surface area contributed by atoms with Crippen LogP contribution in [0.4, 0.5) is 5.95 Å². The number of aryl methyl sites for hydroxylation is 2. The zero-order valence-electron chi connectivity index (χ0n) is 15.6. The van der Waals surface area contributed by atoms with Crippen LogP contribution >= 0.6 is 0 Å². The molecule has 0 spiro atoms. The van der Waals surface area contributed by atoms with Crippen molar-refractivity contribution in [1.82, 2.24) is 30.4 Å². The first kappa shape index (κ1) is 17.9. The summed E-state index contributed by atoms with van der Waals surface area (Å²) in [5.41, 5.74) is 2.22. The Bertz CT molecular complexity index is 737. The third-order valence-electron chi connectivity index (χ3n) is 5.17. The molecule has 2 aliphatic heterocycles. The largest absolute Gasteiger partial charge is 0.352 e. The highest BCUT2D eigenvalue weighted by molar-refractivity contribution is 5.76. The predicted octanol–water partition coefficient (Wildman–Crippen LogP) is 0.884. The van der Waals surface area contributed by atoms with Gasteiger partial charge < -0.3 is 15.5 Å². The van der Waals surface area contributed by atoms with Gasteiger partial charge in [-0.1, -0.05) is 0 Å². The van der Waals surface area contributed by atoms with E-state index >= 15 is 0 Å². The van der Waals surface area contributed by atoms with Crippen LogP contribution in [0.2, 0.25) is 0 Å².